The van der Waals surface area contributed by atoms with Crippen LogP contribution in [0.25, 0.3) is 0 Å². The highest BCUT2D eigenvalue weighted by atomic mass is 16.1. The van der Waals surface area contributed by atoms with Crippen molar-refractivity contribution in [3.05, 3.63) is 0 Å². The average molecular weight is 212 g/mol. The third kappa shape index (κ3) is 1.83. The van der Waals surface area contributed by atoms with Crippen molar-refractivity contribution in [3.63, 3.8) is 0 Å². The highest BCUT2D eigenvalue weighted by Crippen LogP contribution is 2.28. The van der Waals surface area contributed by atoms with Crippen LogP contribution in [-0.2, 0) is 4.79 Å². The van der Waals surface area contributed by atoms with Crippen molar-refractivity contribution in [2.45, 2.75) is 26.8 Å². The van der Waals surface area contributed by atoms with Crippen LogP contribution in [0.4, 0.5) is 0 Å². The van der Waals surface area contributed by atoms with Crippen molar-refractivity contribution in [2.24, 2.45) is 0 Å². The van der Waals surface area contributed by atoms with Gasteiger partial charge in [-0.05, 0) is 13.8 Å². The highest BCUT2D eigenvalue weighted by molar-refractivity contribution is 5.76. The van der Waals surface area contributed by atoms with Crippen LogP contribution in [0.5, 0.6) is 0 Å². The van der Waals surface area contributed by atoms with Crippen LogP contribution in [0.3, 0.4) is 0 Å². The van der Waals surface area contributed by atoms with E-state index in [4.69, 9.17) is 0 Å². The van der Waals surface area contributed by atoms with Gasteiger partial charge in [0.25, 0.3) is 0 Å². The summed E-state index contributed by atoms with van der Waals surface area (Å²) in [5, 5.41) is 0. The summed E-state index contributed by atoms with van der Waals surface area (Å²) < 4.78 is 2.39. The van der Waals surface area contributed by atoms with E-state index in [2.05, 4.69) is 13.8 Å². The smallest absolute Gasteiger partial charge is 0.183 e. The maximum Gasteiger partial charge on any atom is 0.183 e. The molecular formula is C12H24N2O+2. The Balaban J connectivity index is 2.07. The molecule has 2 bridgehead atoms. The Labute approximate surface area is 92.8 Å². The first-order valence-electron chi connectivity index (χ1n) is 6.18. The summed E-state index contributed by atoms with van der Waals surface area (Å²) in [4.78, 5) is 11.3. The fourth-order valence-corrected chi connectivity index (χ4v) is 3.39. The number of carbonyl (C=O) groups is 1. The molecule has 0 radical (unpaired) electrons. The molecule has 0 amide bonds. The molecule has 0 aliphatic carbocycles. The lowest BCUT2D eigenvalue weighted by Crippen LogP contribution is -2.77. The summed E-state index contributed by atoms with van der Waals surface area (Å²) in [7, 11) is 0. The van der Waals surface area contributed by atoms with Gasteiger partial charge in [-0.2, -0.15) is 0 Å². The Morgan fingerprint density at radius 1 is 1.07 bits per heavy atom. The number of rotatable bonds is 3. The molecule has 15 heavy (non-hydrogen) atoms. The SMILES string of the molecule is CC(=O)C[N+]12CC[N+](C(C)C)(CC1)CC2. The van der Waals surface area contributed by atoms with Gasteiger partial charge in [0.2, 0.25) is 0 Å². The molecule has 3 heterocycles. The Hall–Kier alpha value is -0.410. The largest absolute Gasteiger partial charge is 0.308 e. The van der Waals surface area contributed by atoms with E-state index in [1.807, 2.05) is 0 Å². The first kappa shape index (κ1) is 11.1. The second kappa shape index (κ2) is 3.56. The summed E-state index contributed by atoms with van der Waals surface area (Å²) in [6.07, 6.45) is 0. The highest BCUT2D eigenvalue weighted by Gasteiger charge is 2.50. The maximum absolute atomic E-state index is 11.3. The number of nitrogens with zero attached hydrogens (tertiary/aromatic N) is 2. The molecule has 0 saturated carbocycles. The third-order valence-corrected chi connectivity index (χ3v) is 4.71. The fourth-order valence-electron chi connectivity index (χ4n) is 3.39. The zero-order valence-corrected chi connectivity index (χ0v) is 10.3. The van der Waals surface area contributed by atoms with Crippen LogP contribution >= 0.6 is 0 Å². The molecule has 0 atom stereocenters. The molecule has 0 spiro atoms. The summed E-state index contributed by atoms with van der Waals surface area (Å²) in [6, 6.07) is 0.754. The van der Waals surface area contributed by atoms with Gasteiger partial charge in [0, 0.05) is 6.92 Å². The van der Waals surface area contributed by atoms with Crippen LogP contribution in [-0.4, -0.2) is 66.6 Å². The van der Waals surface area contributed by atoms with Crippen molar-refractivity contribution in [1.82, 2.24) is 0 Å². The minimum atomic E-state index is 0.362. The lowest BCUT2D eigenvalue weighted by atomic mass is 10.0. The lowest BCUT2D eigenvalue weighted by Gasteiger charge is -2.57. The Morgan fingerprint density at radius 2 is 1.53 bits per heavy atom. The Bertz CT molecular complexity index is 248. The van der Waals surface area contributed by atoms with Crippen molar-refractivity contribution < 1.29 is 13.8 Å². The average Bonchev–Trinajstić information content (AvgIpc) is 2.18. The van der Waals surface area contributed by atoms with E-state index in [0.717, 1.165) is 17.1 Å². The van der Waals surface area contributed by atoms with Crippen molar-refractivity contribution in [3.8, 4) is 0 Å². The lowest BCUT2D eigenvalue weighted by molar-refractivity contribution is -1.09. The topological polar surface area (TPSA) is 17.1 Å². The Morgan fingerprint density at radius 3 is 1.87 bits per heavy atom. The first-order chi connectivity index (χ1) is 6.98. The number of piperazine rings is 3. The number of Topliss-reactive ketones (excluding diaryl/α,β-unsaturated/α-hetero) is 1. The standard InChI is InChI=1S/C12H24N2O/c1-11(2)14-7-4-13(5-8-14,6-9-14)10-12(3)15/h11H,4-10H2,1-3H3/q+2. The van der Waals surface area contributed by atoms with Crippen LogP contribution in [0.2, 0.25) is 0 Å². The van der Waals surface area contributed by atoms with Crippen LogP contribution in [0.1, 0.15) is 20.8 Å². The molecule has 3 fully saturated rings. The zero-order chi connectivity index (χ0) is 11.1. The zero-order valence-electron chi connectivity index (χ0n) is 10.3. The number of quaternary nitrogens is 2. The molecule has 3 aliphatic rings. The molecule has 3 heteroatoms. The van der Waals surface area contributed by atoms with Gasteiger partial charge in [0.15, 0.2) is 5.78 Å². The molecule has 3 aliphatic heterocycles. The molecule has 3 nitrogen and oxygen atoms in total. The second-order valence-electron chi connectivity index (χ2n) is 5.86. The van der Waals surface area contributed by atoms with Gasteiger partial charge in [-0.3, -0.25) is 4.79 Å². The van der Waals surface area contributed by atoms with E-state index in [-0.39, 0.29) is 0 Å². The third-order valence-electron chi connectivity index (χ3n) is 4.71. The van der Waals surface area contributed by atoms with Gasteiger partial charge in [-0.1, -0.05) is 0 Å². The molecule has 0 unspecified atom stereocenters. The maximum atomic E-state index is 11.3. The van der Waals surface area contributed by atoms with Gasteiger partial charge >= 0.3 is 0 Å². The fraction of sp³-hybridized carbons (Fsp3) is 0.917. The van der Waals surface area contributed by atoms with Gasteiger partial charge in [-0.15, -0.1) is 0 Å². The Kier molecular flexibility index (Phi) is 2.63. The van der Waals surface area contributed by atoms with Gasteiger partial charge in [0.05, 0.1) is 6.04 Å². The van der Waals surface area contributed by atoms with E-state index in [9.17, 15) is 4.79 Å². The van der Waals surface area contributed by atoms with Crippen molar-refractivity contribution in [1.29, 1.82) is 0 Å². The summed E-state index contributed by atoms with van der Waals surface area (Å²) in [5.74, 6) is 0.362. The number of fused-ring (bicyclic) bond motifs is 3. The summed E-state index contributed by atoms with van der Waals surface area (Å²) in [6.45, 7) is 14.7. The molecule has 86 valence electrons. The summed E-state index contributed by atoms with van der Waals surface area (Å²) >= 11 is 0. The van der Waals surface area contributed by atoms with E-state index < -0.39 is 0 Å². The van der Waals surface area contributed by atoms with E-state index in [1.165, 1.54) is 43.8 Å². The summed E-state index contributed by atoms with van der Waals surface area (Å²) in [5.41, 5.74) is 0. The molecule has 3 rings (SSSR count). The predicted octanol–water partition coefficient (Wildman–Crippen LogP) is 0.645. The number of hydrogen-bond donors (Lipinski definition) is 0. The monoisotopic (exact) mass is 212 g/mol. The predicted molar refractivity (Wildman–Crippen MR) is 60.4 cm³/mol. The van der Waals surface area contributed by atoms with Gasteiger partial charge < -0.3 is 8.97 Å². The minimum absolute atomic E-state index is 0.362. The first-order valence-corrected chi connectivity index (χ1v) is 6.18. The molecule has 0 aromatic heterocycles. The minimum Gasteiger partial charge on any atom is -0.308 e. The molecule has 0 aromatic carbocycles. The molecular weight excluding hydrogens is 188 g/mol. The quantitative estimate of drug-likeness (QED) is 0.628. The normalized spacial score (nSPS) is 39.7. The molecule has 3 saturated heterocycles. The molecule has 0 aromatic rings. The van der Waals surface area contributed by atoms with Crippen molar-refractivity contribution in [2.75, 3.05) is 45.8 Å². The number of ketones is 1. The van der Waals surface area contributed by atoms with E-state index >= 15 is 0 Å². The van der Waals surface area contributed by atoms with Crippen LogP contribution in [0.15, 0.2) is 0 Å². The number of carbonyl (C=O) groups excluding carboxylic acids is 1. The van der Waals surface area contributed by atoms with Crippen molar-refractivity contribution >= 4 is 5.78 Å². The van der Waals surface area contributed by atoms with Gasteiger partial charge in [0.1, 0.15) is 45.8 Å². The van der Waals surface area contributed by atoms with E-state index in [0.29, 0.717) is 5.78 Å². The van der Waals surface area contributed by atoms with Crippen LogP contribution < -0.4 is 0 Å². The molecule has 0 N–H and O–H groups in total. The number of hydrogen-bond acceptors (Lipinski definition) is 1. The second-order valence-corrected chi connectivity index (χ2v) is 5.86. The van der Waals surface area contributed by atoms with Gasteiger partial charge in [-0.25, -0.2) is 0 Å². The van der Waals surface area contributed by atoms with Crippen LogP contribution in [0, 0.1) is 0 Å². The van der Waals surface area contributed by atoms with E-state index in [1.54, 1.807) is 6.92 Å².